The maximum Gasteiger partial charge on any atom is 2.00 e. The summed E-state index contributed by atoms with van der Waals surface area (Å²) in [6.07, 6.45) is 2.28. The predicted molar refractivity (Wildman–Crippen MR) is 113 cm³/mol. The summed E-state index contributed by atoms with van der Waals surface area (Å²) in [4.78, 5) is 0. The van der Waals surface area contributed by atoms with Gasteiger partial charge < -0.3 is 50.0 Å². The zero-order valence-corrected chi connectivity index (χ0v) is 24.6. The minimum atomic E-state index is 0. The molecule has 158 valence electrons. The Kier molecular flexibility index (Phi) is 5540. The van der Waals surface area contributed by atoms with E-state index in [4.69, 9.17) is 0 Å². The standard InChI is InChI=1S/C4H9.3C2H5.6CH4.3CH3.4W/c1-3-4-2;3*1-2;;;;;;;;;;;;;/h1,3-4H2,2H3;3*1H2,2H3;6*1H4;3*1H3;;;;/q4*-1;;;;;;;3*-1;;3*+2. The van der Waals surface area contributed by atoms with Gasteiger partial charge in [-0.2, -0.15) is 27.2 Å². The molecule has 0 bridgehead atoms. The van der Waals surface area contributed by atoms with Gasteiger partial charge in [-0.3, -0.25) is 0 Å². The topological polar surface area (TPSA) is 0 Å². The van der Waals surface area contributed by atoms with Gasteiger partial charge in [0.15, 0.2) is 0 Å². The predicted octanol–water partition coefficient (Wildman–Crippen LogP) is 9.30. The molecule has 0 aromatic heterocycles. The van der Waals surface area contributed by atoms with Crippen LogP contribution in [0.5, 0.6) is 0 Å². The van der Waals surface area contributed by atoms with E-state index in [1.54, 1.807) is 20.8 Å². The van der Waals surface area contributed by atoms with Gasteiger partial charge in [-0.1, -0.05) is 57.9 Å². The van der Waals surface area contributed by atoms with Crippen LogP contribution in [0.1, 0.15) is 85.1 Å². The van der Waals surface area contributed by atoms with Crippen LogP contribution in [0.15, 0.2) is 0 Å². The van der Waals surface area contributed by atoms with E-state index in [0.29, 0.717) is 0 Å². The SMILES string of the molecule is C.C.C.C.C.C.[CH2-]C.[CH2-]C.[CH2-]C.[CH2-]CCC.[CH3-].[CH3-].[CH3-].[W+2].[W+2].[W+2].[W]. The fraction of sp³-hybridized carbons (Fsp3) is 0.632. The first-order valence-corrected chi connectivity index (χ1v) is 3.83. The average molecular weight is 1020 g/mol. The van der Waals surface area contributed by atoms with Gasteiger partial charge in [-0.15, -0.1) is 0 Å². The summed E-state index contributed by atoms with van der Waals surface area (Å²) in [5.74, 6) is 0. The van der Waals surface area contributed by atoms with Crippen molar-refractivity contribution >= 4 is 0 Å². The van der Waals surface area contributed by atoms with Gasteiger partial charge in [0.1, 0.15) is 0 Å². The molecular formula is C19H57W4-. The molecular weight excluding hydrogens is 964 g/mol. The quantitative estimate of drug-likeness (QED) is 0.230. The Morgan fingerprint density at radius 3 is 0.565 bits per heavy atom. The number of hydrogen-bond donors (Lipinski definition) is 0. The van der Waals surface area contributed by atoms with Gasteiger partial charge in [0, 0.05) is 21.1 Å². The van der Waals surface area contributed by atoms with E-state index < -0.39 is 0 Å². The molecule has 0 N–H and O–H groups in total. The molecule has 0 radical (unpaired) electrons. The van der Waals surface area contributed by atoms with Gasteiger partial charge in [0.05, 0.1) is 0 Å². The van der Waals surface area contributed by atoms with E-state index in [1.807, 2.05) is 0 Å². The number of unbranched alkanes of at least 4 members (excludes halogenated alkanes) is 1. The van der Waals surface area contributed by atoms with E-state index in [0.717, 1.165) is 6.42 Å². The van der Waals surface area contributed by atoms with Crippen molar-refractivity contribution in [1.82, 2.24) is 0 Å². The van der Waals surface area contributed by atoms with Gasteiger partial charge in [0.2, 0.25) is 0 Å². The Bertz CT molecular complexity index is 17.3. The normalized spacial score (nSPS) is 2.09. The van der Waals surface area contributed by atoms with Crippen molar-refractivity contribution in [3.8, 4) is 0 Å². The van der Waals surface area contributed by atoms with Crippen molar-refractivity contribution in [2.24, 2.45) is 0 Å². The summed E-state index contributed by atoms with van der Waals surface area (Å²) in [5, 5.41) is 0. The van der Waals surface area contributed by atoms with E-state index in [1.165, 1.54) is 6.42 Å². The fourth-order valence-electron chi connectivity index (χ4n) is 0. The largest absolute Gasteiger partial charge is 2.00 e. The molecule has 0 aliphatic carbocycles. The Morgan fingerprint density at radius 2 is 0.565 bits per heavy atom. The molecule has 0 saturated carbocycles. The van der Waals surface area contributed by atoms with Gasteiger partial charge in [-0.05, 0) is 0 Å². The van der Waals surface area contributed by atoms with E-state index in [9.17, 15) is 0 Å². The molecule has 0 aromatic carbocycles. The molecule has 0 aliphatic heterocycles. The van der Waals surface area contributed by atoms with Crippen LogP contribution in [0.25, 0.3) is 0 Å². The number of hydrogen-bond acceptors (Lipinski definition) is 0. The summed E-state index contributed by atoms with van der Waals surface area (Å²) in [7, 11) is 0. The van der Waals surface area contributed by atoms with E-state index in [2.05, 4.69) is 34.6 Å². The third-order valence-electron chi connectivity index (χ3n) is 0.354. The monoisotopic (exact) mass is 1020 g/mol. The molecule has 0 nitrogen and oxygen atoms in total. The zero-order valence-electron chi connectivity index (χ0n) is 12.9. The second-order valence-corrected chi connectivity index (χ2v) is 0.854. The summed E-state index contributed by atoms with van der Waals surface area (Å²) < 4.78 is 0. The van der Waals surface area contributed by atoms with Crippen molar-refractivity contribution < 1.29 is 84.3 Å². The molecule has 0 aliphatic rings. The molecule has 0 atom stereocenters. The van der Waals surface area contributed by atoms with E-state index >= 15 is 0 Å². The van der Waals surface area contributed by atoms with Crippen LogP contribution in [0.2, 0.25) is 0 Å². The minimum absolute atomic E-state index is 0. The zero-order chi connectivity index (χ0) is 9.41. The molecule has 0 amide bonds. The number of rotatable bonds is 1. The third kappa shape index (κ3) is 910. The fourth-order valence-corrected chi connectivity index (χ4v) is 0. The second kappa shape index (κ2) is 618. The molecule has 4 heteroatoms. The molecule has 0 heterocycles. The molecule has 0 spiro atoms. The average Bonchev–Trinajstić information content (AvgIpc) is 2.14. The molecule has 0 unspecified atom stereocenters. The van der Waals surface area contributed by atoms with Gasteiger partial charge in [-0.25, -0.2) is 0 Å². The second-order valence-electron chi connectivity index (χ2n) is 0.854. The molecule has 0 rings (SSSR count). The summed E-state index contributed by atoms with van der Waals surface area (Å²) in [6.45, 7) is 20.7. The summed E-state index contributed by atoms with van der Waals surface area (Å²) >= 11 is 0. The Labute approximate surface area is 217 Å². The van der Waals surface area contributed by atoms with Crippen molar-refractivity contribution in [3.05, 3.63) is 50.0 Å². The van der Waals surface area contributed by atoms with Crippen LogP contribution in [0.4, 0.5) is 0 Å². The molecule has 0 saturated heterocycles. The van der Waals surface area contributed by atoms with Crippen molar-refractivity contribution in [2.75, 3.05) is 0 Å². The van der Waals surface area contributed by atoms with Crippen molar-refractivity contribution in [3.63, 3.8) is 0 Å². The minimum Gasteiger partial charge on any atom is -0.358 e. The van der Waals surface area contributed by atoms with Crippen LogP contribution < -0.4 is 0 Å². The molecule has 0 aromatic rings. The Hall–Kier alpha value is 2.75. The van der Waals surface area contributed by atoms with Gasteiger partial charge >= 0.3 is 63.2 Å². The summed E-state index contributed by atoms with van der Waals surface area (Å²) in [5.41, 5.74) is 0. The van der Waals surface area contributed by atoms with Gasteiger partial charge in [0.25, 0.3) is 0 Å². The van der Waals surface area contributed by atoms with E-state index in [-0.39, 0.29) is 151 Å². The summed E-state index contributed by atoms with van der Waals surface area (Å²) in [6, 6.07) is 0. The first kappa shape index (κ1) is 206. The Balaban J connectivity index is -0.00000000120. The first-order chi connectivity index (χ1) is 4.91. The van der Waals surface area contributed by atoms with Crippen molar-refractivity contribution in [2.45, 2.75) is 85.1 Å². The van der Waals surface area contributed by atoms with Crippen molar-refractivity contribution in [1.29, 1.82) is 0 Å². The van der Waals surface area contributed by atoms with Crippen LogP contribution >= 0.6 is 0 Å². The van der Waals surface area contributed by atoms with Crippen LogP contribution in [0, 0.1) is 50.0 Å². The maximum absolute atomic E-state index is 3.60. The first-order valence-electron chi connectivity index (χ1n) is 3.83. The van der Waals surface area contributed by atoms with Crippen LogP contribution in [0.3, 0.4) is 0 Å². The smallest absolute Gasteiger partial charge is 0.358 e. The molecule has 0 fully saturated rings. The molecule has 23 heavy (non-hydrogen) atoms. The third-order valence-corrected chi connectivity index (χ3v) is 0.354. The van der Waals surface area contributed by atoms with Crippen LogP contribution in [-0.2, 0) is 84.3 Å². The van der Waals surface area contributed by atoms with Crippen LogP contribution in [-0.4, -0.2) is 0 Å². The Morgan fingerprint density at radius 1 is 0.522 bits per heavy atom. The maximum atomic E-state index is 3.60.